The van der Waals surface area contributed by atoms with Gasteiger partial charge in [0.1, 0.15) is 12.2 Å². The molecule has 4 aliphatic rings. The summed E-state index contributed by atoms with van der Waals surface area (Å²) in [5.41, 5.74) is 1.28. The van der Waals surface area contributed by atoms with Gasteiger partial charge in [-0.2, -0.15) is 0 Å². The second-order valence-electron chi connectivity index (χ2n) is 11.9. The van der Waals surface area contributed by atoms with Crippen molar-refractivity contribution in [1.82, 2.24) is 0 Å². The minimum Gasteiger partial charge on any atom is -0.394 e. The highest BCUT2D eigenvalue weighted by Gasteiger charge is 2.69. The van der Waals surface area contributed by atoms with Gasteiger partial charge in [0, 0.05) is 6.42 Å². The van der Waals surface area contributed by atoms with Gasteiger partial charge < -0.3 is 24.8 Å². The molecule has 6 unspecified atom stereocenters. The van der Waals surface area contributed by atoms with Crippen LogP contribution in [0.2, 0.25) is 0 Å². The normalized spacial score (nSPS) is 49.0. The van der Waals surface area contributed by atoms with Gasteiger partial charge in [0.2, 0.25) is 0 Å². The zero-order chi connectivity index (χ0) is 21.2. The van der Waals surface area contributed by atoms with Crippen LogP contribution >= 0.6 is 0 Å². The van der Waals surface area contributed by atoms with Crippen molar-refractivity contribution in [3.63, 3.8) is 0 Å². The van der Waals surface area contributed by atoms with E-state index < -0.39 is 24.6 Å². The molecule has 3 saturated carbocycles. The summed E-state index contributed by atoms with van der Waals surface area (Å²) in [6, 6.07) is 0. The second-order valence-corrected chi connectivity index (χ2v) is 11.9. The molecule has 5 nitrogen and oxygen atoms in total. The predicted octanol–water partition coefficient (Wildman–Crippen LogP) is 3.35. The molecule has 0 aromatic carbocycles. The Morgan fingerprint density at radius 3 is 2.52 bits per heavy atom. The summed E-state index contributed by atoms with van der Waals surface area (Å²) in [6.45, 7) is 12.7. The highest BCUT2D eigenvalue weighted by Crippen LogP contribution is 2.77. The van der Waals surface area contributed by atoms with Crippen molar-refractivity contribution in [2.45, 2.75) is 97.7 Å². The molecule has 2 bridgehead atoms. The van der Waals surface area contributed by atoms with E-state index in [1.807, 2.05) is 0 Å². The fraction of sp³-hybridized carbons (Fsp3) is 1.00. The largest absolute Gasteiger partial charge is 0.394 e. The summed E-state index contributed by atoms with van der Waals surface area (Å²) >= 11 is 0. The average molecular weight is 411 g/mol. The van der Waals surface area contributed by atoms with Crippen LogP contribution in [-0.4, -0.2) is 53.1 Å². The van der Waals surface area contributed by atoms with Crippen LogP contribution in [0.4, 0.5) is 0 Å². The SMILES string of the molecule is CC(COC1C[C@@H](O)[C@@H](O)[C@@H](CO)O1)C1CCC(C)(C)C23CCC(C2)C(C)(C)C13. The lowest BCUT2D eigenvalue weighted by Gasteiger charge is -2.60. The zero-order valence-electron chi connectivity index (χ0n) is 18.9. The number of rotatable bonds is 5. The molecular weight excluding hydrogens is 368 g/mol. The Morgan fingerprint density at radius 2 is 1.83 bits per heavy atom. The third kappa shape index (κ3) is 3.31. The summed E-state index contributed by atoms with van der Waals surface area (Å²) in [6.07, 6.45) is 3.68. The van der Waals surface area contributed by atoms with Crippen LogP contribution in [0.25, 0.3) is 0 Å². The number of hydrogen-bond donors (Lipinski definition) is 3. The fourth-order valence-electron chi connectivity index (χ4n) is 8.07. The Hall–Kier alpha value is -0.200. The van der Waals surface area contributed by atoms with Gasteiger partial charge in [0.25, 0.3) is 0 Å². The molecule has 1 saturated heterocycles. The Balaban J connectivity index is 1.45. The second kappa shape index (κ2) is 7.44. The van der Waals surface area contributed by atoms with Gasteiger partial charge in [-0.15, -0.1) is 0 Å². The molecule has 1 aliphatic heterocycles. The lowest BCUT2D eigenvalue weighted by Crippen LogP contribution is -2.54. The van der Waals surface area contributed by atoms with Crippen molar-refractivity contribution >= 4 is 0 Å². The van der Waals surface area contributed by atoms with Crippen molar-refractivity contribution in [2.75, 3.05) is 13.2 Å². The van der Waals surface area contributed by atoms with E-state index in [0.29, 0.717) is 34.7 Å². The molecule has 0 aromatic heterocycles. The molecule has 3 N–H and O–H groups in total. The highest BCUT2D eigenvalue weighted by molar-refractivity contribution is 5.18. The Kier molecular flexibility index (Phi) is 5.65. The predicted molar refractivity (Wildman–Crippen MR) is 111 cm³/mol. The topological polar surface area (TPSA) is 79.2 Å². The third-order valence-corrected chi connectivity index (χ3v) is 9.87. The van der Waals surface area contributed by atoms with E-state index >= 15 is 0 Å². The monoisotopic (exact) mass is 410 g/mol. The van der Waals surface area contributed by atoms with Crippen molar-refractivity contribution < 1.29 is 24.8 Å². The number of fused-ring (bicyclic) bond motifs is 1. The van der Waals surface area contributed by atoms with Crippen molar-refractivity contribution in [3.8, 4) is 0 Å². The fourth-order valence-corrected chi connectivity index (χ4v) is 8.07. The van der Waals surface area contributed by atoms with E-state index in [2.05, 4.69) is 34.6 Å². The molecule has 168 valence electrons. The number of aliphatic hydroxyl groups excluding tert-OH is 3. The maximum absolute atomic E-state index is 10.1. The van der Waals surface area contributed by atoms with Crippen LogP contribution in [0.1, 0.15) is 73.1 Å². The zero-order valence-corrected chi connectivity index (χ0v) is 18.9. The molecule has 0 aromatic rings. The highest BCUT2D eigenvalue weighted by atomic mass is 16.7. The number of hydrogen-bond acceptors (Lipinski definition) is 5. The van der Waals surface area contributed by atoms with E-state index in [1.165, 1.54) is 32.1 Å². The molecule has 0 amide bonds. The van der Waals surface area contributed by atoms with E-state index in [4.69, 9.17) is 9.47 Å². The van der Waals surface area contributed by atoms with Gasteiger partial charge in [0.05, 0.1) is 19.3 Å². The molecule has 5 heteroatoms. The summed E-state index contributed by atoms with van der Waals surface area (Å²) in [7, 11) is 0. The summed E-state index contributed by atoms with van der Waals surface area (Å²) in [4.78, 5) is 0. The summed E-state index contributed by atoms with van der Waals surface area (Å²) in [5, 5.41) is 29.4. The van der Waals surface area contributed by atoms with Gasteiger partial charge in [-0.1, -0.05) is 34.6 Å². The van der Waals surface area contributed by atoms with Gasteiger partial charge in [-0.25, -0.2) is 0 Å². The standard InChI is InChI=1S/C24H42O5/c1-14(13-28-19-10-17(26)20(27)18(12-25)29-19)16-7-8-22(2,3)24-9-6-15(11-24)23(4,5)21(16)24/h14-21,25-27H,6-13H2,1-5H3/t14?,15?,16?,17-,18-,19?,20-,21?,24?/m1/s1. The van der Waals surface area contributed by atoms with Gasteiger partial charge in [-0.05, 0) is 72.0 Å². The molecule has 1 heterocycles. The van der Waals surface area contributed by atoms with Crippen LogP contribution in [0.3, 0.4) is 0 Å². The van der Waals surface area contributed by atoms with Crippen LogP contribution in [0.5, 0.6) is 0 Å². The molecule has 3 aliphatic carbocycles. The van der Waals surface area contributed by atoms with Crippen LogP contribution in [0.15, 0.2) is 0 Å². The Labute approximate surface area is 176 Å². The molecule has 4 fully saturated rings. The average Bonchev–Trinajstić information content (AvgIpc) is 3.20. The number of aliphatic hydroxyl groups is 3. The minimum atomic E-state index is -1.05. The van der Waals surface area contributed by atoms with Crippen LogP contribution < -0.4 is 0 Å². The summed E-state index contributed by atoms with van der Waals surface area (Å²) < 4.78 is 11.8. The van der Waals surface area contributed by atoms with E-state index in [0.717, 1.165) is 11.8 Å². The van der Waals surface area contributed by atoms with Crippen LogP contribution in [-0.2, 0) is 9.47 Å². The molecule has 1 spiro atoms. The molecular formula is C24H42O5. The first-order valence-electron chi connectivity index (χ1n) is 11.8. The molecule has 0 radical (unpaired) electrons. The van der Waals surface area contributed by atoms with E-state index in [-0.39, 0.29) is 13.0 Å². The van der Waals surface area contributed by atoms with Gasteiger partial charge in [-0.3, -0.25) is 0 Å². The summed E-state index contributed by atoms with van der Waals surface area (Å²) in [5.74, 6) is 2.66. The molecule has 4 rings (SSSR count). The maximum atomic E-state index is 10.1. The Morgan fingerprint density at radius 1 is 1.10 bits per heavy atom. The Bertz CT molecular complexity index is 604. The van der Waals surface area contributed by atoms with E-state index in [9.17, 15) is 15.3 Å². The third-order valence-electron chi connectivity index (χ3n) is 9.87. The van der Waals surface area contributed by atoms with Gasteiger partial charge >= 0.3 is 0 Å². The first kappa shape index (κ1) is 22.0. The first-order valence-corrected chi connectivity index (χ1v) is 11.8. The van der Waals surface area contributed by atoms with Crippen molar-refractivity contribution in [1.29, 1.82) is 0 Å². The van der Waals surface area contributed by atoms with E-state index in [1.54, 1.807) is 0 Å². The smallest absolute Gasteiger partial charge is 0.160 e. The molecule has 29 heavy (non-hydrogen) atoms. The minimum absolute atomic E-state index is 0.253. The molecule has 9 atom stereocenters. The van der Waals surface area contributed by atoms with Crippen molar-refractivity contribution in [2.24, 2.45) is 39.9 Å². The first-order chi connectivity index (χ1) is 13.5. The lowest BCUT2D eigenvalue weighted by molar-refractivity contribution is -0.261. The maximum Gasteiger partial charge on any atom is 0.160 e. The van der Waals surface area contributed by atoms with Crippen LogP contribution in [0, 0.1) is 39.9 Å². The van der Waals surface area contributed by atoms with Crippen molar-refractivity contribution in [3.05, 3.63) is 0 Å². The van der Waals surface area contributed by atoms with Gasteiger partial charge in [0.15, 0.2) is 6.29 Å². The quantitative estimate of drug-likeness (QED) is 0.648. The number of ether oxygens (including phenoxy) is 2. The lowest BCUT2D eigenvalue weighted by atomic mass is 9.45.